The number of rotatable bonds is 7. The van der Waals surface area contributed by atoms with E-state index in [9.17, 15) is 9.59 Å². The molecule has 0 atom stereocenters. The number of anilines is 1. The first-order valence-electron chi connectivity index (χ1n) is 11.4. The van der Waals surface area contributed by atoms with Crippen LogP contribution >= 0.6 is 23.2 Å². The summed E-state index contributed by atoms with van der Waals surface area (Å²) in [5.74, 6) is -0.675. The summed E-state index contributed by atoms with van der Waals surface area (Å²) in [6, 6.07) is 19.1. The van der Waals surface area contributed by atoms with Crippen molar-refractivity contribution in [3.63, 3.8) is 0 Å². The van der Waals surface area contributed by atoms with Crippen molar-refractivity contribution < 1.29 is 9.59 Å². The number of carbonyl (C=O) groups is 2. The number of nitrogens with zero attached hydrogens (tertiary/aromatic N) is 5. The number of carbonyl (C=O) groups excluding carboxylic acids is 2. The van der Waals surface area contributed by atoms with Crippen LogP contribution in [-0.4, -0.2) is 36.5 Å². The van der Waals surface area contributed by atoms with Crippen molar-refractivity contribution in [2.24, 2.45) is 0 Å². The van der Waals surface area contributed by atoms with Gasteiger partial charge in [0.25, 0.3) is 11.8 Å². The van der Waals surface area contributed by atoms with E-state index in [1.807, 2.05) is 24.3 Å². The molecule has 38 heavy (non-hydrogen) atoms. The number of hydrogen-bond acceptors (Lipinski definition) is 6. The molecule has 3 aromatic heterocycles. The Morgan fingerprint density at radius 1 is 0.842 bits per heavy atom. The lowest BCUT2D eigenvalue weighted by Crippen LogP contribution is -2.24. The molecular formula is C27H19Cl2N7O2. The SMILES string of the molecule is O=C(NCc1cnccn1)c1cc(NC(=O)c2cc(-c3ccccn3)c(Cl)cc2Cl)n(-c2ccccc2)n1. The molecule has 0 spiro atoms. The average molecular weight is 544 g/mol. The number of pyridine rings is 1. The Hall–Kier alpha value is -4.60. The van der Waals surface area contributed by atoms with Gasteiger partial charge in [-0.15, -0.1) is 0 Å². The van der Waals surface area contributed by atoms with E-state index in [0.29, 0.717) is 27.7 Å². The van der Waals surface area contributed by atoms with E-state index in [1.165, 1.54) is 16.8 Å². The van der Waals surface area contributed by atoms with Gasteiger partial charge in [-0.3, -0.25) is 24.5 Å². The molecule has 0 aliphatic carbocycles. The Morgan fingerprint density at radius 2 is 1.66 bits per heavy atom. The van der Waals surface area contributed by atoms with Gasteiger partial charge in [0.15, 0.2) is 5.69 Å². The summed E-state index contributed by atoms with van der Waals surface area (Å²) < 4.78 is 1.47. The van der Waals surface area contributed by atoms with E-state index >= 15 is 0 Å². The molecule has 0 bridgehead atoms. The fourth-order valence-electron chi connectivity index (χ4n) is 3.65. The van der Waals surface area contributed by atoms with Crippen LogP contribution in [0.5, 0.6) is 0 Å². The predicted molar refractivity (Wildman–Crippen MR) is 144 cm³/mol. The molecule has 0 aliphatic heterocycles. The van der Waals surface area contributed by atoms with E-state index in [2.05, 4.69) is 30.7 Å². The average Bonchev–Trinajstić information content (AvgIpc) is 3.37. The highest BCUT2D eigenvalue weighted by Crippen LogP contribution is 2.32. The van der Waals surface area contributed by atoms with E-state index < -0.39 is 11.8 Å². The molecule has 2 aromatic carbocycles. The minimum atomic E-state index is -0.507. The van der Waals surface area contributed by atoms with Crippen molar-refractivity contribution in [2.75, 3.05) is 5.32 Å². The van der Waals surface area contributed by atoms with Crippen LogP contribution in [0, 0.1) is 0 Å². The maximum atomic E-state index is 13.4. The van der Waals surface area contributed by atoms with Gasteiger partial charge in [-0.2, -0.15) is 5.10 Å². The second-order valence-corrected chi connectivity index (χ2v) is 8.84. The number of halogens is 2. The third-order valence-corrected chi connectivity index (χ3v) is 6.10. The molecule has 188 valence electrons. The first-order valence-corrected chi connectivity index (χ1v) is 12.2. The summed E-state index contributed by atoms with van der Waals surface area (Å²) in [5, 5.41) is 10.5. The molecule has 5 rings (SSSR count). The van der Waals surface area contributed by atoms with Gasteiger partial charge in [0.05, 0.1) is 45.4 Å². The number of para-hydroxylation sites is 1. The number of hydrogen-bond donors (Lipinski definition) is 2. The van der Waals surface area contributed by atoms with Gasteiger partial charge in [0, 0.05) is 30.2 Å². The number of benzene rings is 2. The molecule has 0 radical (unpaired) electrons. The van der Waals surface area contributed by atoms with Crippen molar-refractivity contribution in [3.05, 3.63) is 119 Å². The molecule has 2 amide bonds. The zero-order valence-corrected chi connectivity index (χ0v) is 21.2. The number of aromatic nitrogens is 5. The standard InChI is InChI=1S/C27H19Cl2N7O2/c28-21-13-22(29)20(12-19(21)23-8-4-5-9-32-23)26(37)34-25-14-24(35-36(25)18-6-2-1-3-7-18)27(38)33-16-17-15-30-10-11-31-17/h1-15H,16H2,(H,33,38)(H,34,37). The Balaban J connectivity index is 1.45. The summed E-state index contributed by atoms with van der Waals surface area (Å²) in [5.41, 5.74) is 2.68. The molecule has 2 N–H and O–H groups in total. The monoisotopic (exact) mass is 543 g/mol. The third kappa shape index (κ3) is 5.54. The summed E-state index contributed by atoms with van der Waals surface area (Å²) in [6.45, 7) is 0.170. The van der Waals surface area contributed by atoms with Gasteiger partial charge in [0.2, 0.25) is 0 Å². The van der Waals surface area contributed by atoms with Crippen LogP contribution in [0.25, 0.3) is 16.9 Å². The molecule has 0 saturated carbocycles. The molecule has 0 saturated heterocycles. The fraction of sp³-hybridized carbons (Fsp3) is 0.0370. The van der Waals surface area contributed by atoms with E-state index in [4.69, 9.17) is 23.2 Å². The Morgan fingerprint density at radius 3 is 2.39 bits per heavy atom. The van der Waals surface area contributed by atoms with E-state index in [0.717, 1.165) is 0 Å². The molecule has 9 nitrogen and oxygen atoms in total. The van der Waals surface area contributed by atoms with Crippen LogP contribution in [-0.2, 0) is 6.54 Å². The van der Waals surface area contributed by atoms with Crippen molar-refractivity contribution in [2.45, 2.75) is 6.54 Å². The van der Waals surface area contributed by atoms with Gasteiger partial charge in [-0.05, 0) is 36.4 Å². The van der Waals surface area contributed by atoms with Crippen molar-refractivity contribution in [3.8, 4) is 16.9 Å². The van der Waals surface area contributed by atoms with Crippen LogP contribution in [0.2, 0.25) is 10.0 Å². The maximum Gasteiger partial charge on any atom is 0.272 e. The maximum absolute atomic E-state index is 13.4. The van der Waals surface area contributed by atoms with Gasteiger partial charge in [-0.25, -0.2) is 4.68 Å². The fourth-order valence-corrected chi connectivity index (χ4v) is 4.22. The van der Waals surface area contributed by atoms with E-state index in [-0.39, 0.29) is 28.6 Å². The van der Waals surface area contributed by atoms with Gasteiger partial charge >= 0.3 is 0 Å². The van der Waals surface area contributed by atoms with Crippen molar-refractivity contribution in [1.82, 2.24) is 30.0 Å². The number of nitrogens with one attached hydrogen (secondary N) is 2. The zero-order valence-electron chi connectivity index (χ0n) is 19.7. The minimum Gasteiger partial charge on any atom is -0.345 e. The highest BCUT2D eigenvalue weighted by Gasteiger charge is 2.21. The minimum absolute atomic E-state index is 0.101. The molecular weight excluding hydrogens is 525 g/mol. The van der Waals surface area contributed by atoms with Crippen LogP contribution in [0.15, 0.2) is 91.5 Å². The van der Waals surface area contributed by atoms with Crippen molar-refractivity contribution >= 4 is 40.8 Å². The highest BCUT2D eigenvalue weighted by molar-refractivity contribution is 6.38. The van der Waals surface area contributed by atoms with Crippen LogP contribution < -0.4 is 10.6 Å². The lowest BCUT2D eigenvalue weighted by atomic mass is 10.1. The summed E-state index contributed by atoms with van der Waals surface area (Å²) >= 11 is 12.8. The van der Waals surface area contributed by atoms with Crippen LogP contribution in [0.3, 0.4) is 0 Å². The summed E-state index contributed by atoms with van der Waals surface area (Å²) in [6.07, 6.45) is 6.29. The smallest absolute Gasteiger partial charge is 0.272 e. The van der Waals surface area contributed by atoms with Crippen molar-refractivity contribution in [1.29, 1.82) is 0 Å². The second-order valence-electron chi connectivity index (χ2n) is 8.02. The molecule has 0 aliphatic rings. The van der Waals surface area contributed by atoms with Gasteiger partial charge < -0.3 is 10.6 Å². The molecule has 5 aromatic rings. The first kappa shape index (κ1) is 25.1. The second kappa shape index (κ2) is 11.2. The number of amides is 2. The van der Waals surface area contributed by atoms with Crippen LogP contribution in [0.1, 0.15) is 26.5 Å². The quantitative estimate of drug-likeness (QED) is 0.291. The normalized spacial score (nSPS) is 10.7. The Labute approximate surface area is 227 Å². The zero-order chi connectivity index (χ0) is 26.5. The highest BCUT2D eigenvalue weighted by atomic mass is 35.5. The lowest BCUT2D eigenvalue weighted by Gasteiger charge is -2.12. The molecule has 11 heteroatoms. The Bertz CT molecular complexity index is 1590. The third-order valence-electron chi connectivity index (χ3n) is 5.47. The molecule has 0 fully saturated rings. The van der Waals surface area contributed by atoms with Crippen LogP contribution in [0.4, 0.5) is 5.82 Å². The van der Waals surface area contributed by atoms with E-state index in [1.54, 1.807) is 55.1 Å². The van der Waals surface area contributed by atoms with Gasteiger partial charge in [0.1, 0.15) is 5.82 Å². The molecule has 0 unspecified atom stereocenters. The first-order chi connectivity index (χ1) is 18.5. The summed E-state index contributed by atoms with van der Waals surface area (Å²) in [4.78, 5) is 38.7. The predicted octanol–water partition coefficient (Wildman–Crippen LogP) is 5.21. The summed E-state index contributed by atoms with van der Waals surface area (Å²) in [7, 11) is 0. The molecule has 3 heterocycles. The topological polar surface area (TPSA) is 115 Å². The lowest BCUT2D eigenvalue weighted by molar-refractivity contribution is 0.0944. The van der Waals surface area contributed by atoms with Gasteiger partial charge in [-0.1, -0.05) is 47.5 Å². The Kier molecular flexibility index (Phi) is 7.39. The largest absolute Gasteiger partial charge is 0.345 e.